The number of hydrogen-bond donors (Lipinski definition) is 1. The van der Waals surface area contributed by atoms with Crippen molar-refractivity contribution in [1.29, 1.82) is 0 Å². The second kappa shape index (κ2) is 7.66. The molecule has 1 atom stereocenters. The molecule has 0 spiro atoms. The highest BCUT2D eigenvalue weighted by Gasteiger charge is 2.30. The number of rotatable bonds is 3. The van der Waals surface area contributed by atoms with Crippen LogP contribution in [-0.4, -0.2) is 27.3 Å². The van der Waals surface area contributed by atoms with E-state index in [-0.39, 0.29) is 35.7 Å². The summed E-state index contributed by atoms with van der Waals surface area (Å²) in [5.74, 6) is 1.85. The standard InChI is InChI=1S/C18H26N4O2S.ClH/c1-10(2)14(19)15-20-12(9-25-15)16(23)22-7-6-13-11(8-22)21-17(24-13)18(3,4)5;/h9-10,14H,6-8,19H2,1-5H3;1H/t14-;/m0./s1. The number of nitrogens with zero attached hydrogens (tertiary/aromatic N) is 3. The van der Waals surface area contributed by atoms with Gasteiger partial charge in [-0.2, -0.15) is 0 Å². The third kappa shape index (κ3) is 4.10. The van der Waals surface area contributed by atoms with Gasteiger partial charge in [0.25, 0.3) is 5.91 Å². The summed E-state index contributed by atoms with van der Waals surface area (Å²) in [4.78, 5) is 23.7. The monoisotopic (exact) mass is 398 g/mol. The molecular formula is C18H27ClN4O2S. The number of halogens is 1. The molecule has 1 aliphatic heterocycles. The fourth-order valence-electron chi connectivity index (χ4n) is 2.68. The van der Waals surface area contributed by atoms with Crippen LogP contribution in [0.25, 0.3) is 0 Å². The number of amides is 1. The lowest BCUT2D eigenvalue weighted by Gasteiger charge is -2.24. The van der Waals surface area contributed by atoms with Crippen molar-refractivity contribution in [1.82, 2.24) is 14.9 Å². The van der Waals surface area contributed by atoms with Crippen LogP contribution in [0, 0.1) is 5.92 Å². The van der Waals surface area contributed by atoms with Crippen molar-refractivity contribution in [3.8, 4) is 0 Å². The first-order chi connectivity index (χ1) is 11.7. The Kier molecular flexibility index (Phi) is 6.15. The third-order valence-electron chi connectivity index (χ3n) is 4.40. The molecular weight excluding hydrogens is 372 g/mol. The Morgan fingerprint density at radius 2 is 2.04 bits per heavy atom. The van der Waals surface area contributed by atoms with E-state index in [1.54, 1.807) is 10.3 Å². The molecule has 0 saturated carbocycles. The van der Waals surface area contributed by atoms with Crippen LogP contribution < -0.4 is 5.73 Å². The van der Waals surface area contributed by atoms with E-state index in [1.165, 1.54) is 11.3 Å². The summed E-state index contributed by atoms with van der Waals surface area (Å²) in [6.45, 7) is 11.4. The van der Waals surface area contributed by atoms with Gasteiger partial charge in [0.05, 0.1) is 12.6 Å². The molecule has 3 rings (SSSR count). The molecule has 144 valence electrons. The molecule has 1 amide bonds. The minimum absolute atomic E-state index is 0. The van der Waals surface area contributed by atoms with Crippen LogP contribution in [-0.2, 0) is 18.4 Å². The largest absolute Gasteiger partial charge is 0.445 e. The van der Waals surface area contributed by atoms with E-state index in [2.05, 4.69) is 44.6 Å². The average Bonchev–Trinajstić information content (AvgIpc) is 3.19. The van der Waals surface area contributed by atoms with Crippen molar-refractivity contribution in [2.45, 2.75) is 59.0 Å². The van der Waals surface area contributed by atoms with Gasteiger partial charge in [-0.05, 0) is 5.92 Å². The Morgan fingerprint density at radius 1 is 1.35 bits per heavy atom. The van der Waals surface area contributed by atoms with Crippen LogP contribution in [0.1, 0.15) is 73.5 Å². The molecule has 0 aromatic carbocycles. The smallest absolute Gasteiger partial charge is 0.273 e. The maximum atomic E-state index is 12.8. The lowest BCUT2D eigenvalue weighted by atomic mass is 9.97. The predicted molar refractivity (Wildman–Crippen MR) is 105 cm³/mol. The van der Waals surface area contributed by atoms with Crippen molar-refractivity contribution in [3.63, 3.8) is 0 Å². The summed E-state index contributed by atoms with van der Waals surface area (Å²) in [5.41, 5.74) is 7.33. The lowest BCUT2D eigenvalue weighted by molar-refractivity contribution is 0.0722. The van der Waals surface area contributed by atoms with E-state index < -0.39 is 0 Å². The second-order valence-corrected chi connectivity index (χ2v) is 8.85. The molecule has 26 heavy (non-hydrogen) atoms. The maximum Gasteiger partial charge on any atom is 0.273 e. The topological polar surface area (TPSA) is 85.2 Å². The highest BCUT2D eigenvalue weighted by Crippen LogP contribution is 2.28. The summed E-state index contributed by atoms with van der Waals surface area (Å²) < 4.78 is 5.89. The Hall–Kier alpha value is -1.44. The number of aromatic nitrogens is 2. The zero-order valence-corrected chi connectivity index (χ0v) is 17.5. The number of carbonyl (C=O) groups is 1. The van der Waals surface area contributed by atoms with Gasteiger partial charge in [0.2, 0.25) is 0 Å². The highest BCUT2D eigenvalue weighted by molar-refractivity contribution is 7.09. The minimum atomic E-state index is -0.136. The normalized spacial score (nSPS) is 15.6. The van der Waals surface area contributed by atoms with Crippen LogP contribution in [0.15, 0.2) is 9.80 Å². The fraction of sp³-hybridized carbons (Fsp3) is 0.611. The van der Waals surface area contributed by atoms with Gasteiger partial charge in [-0.15, -0.1) is 23.7 Å². The van der Waals surface area contributed by atoms with Crippen molar-refractivity contribution in [2.75, 3.05) is 6.54 Å². The van der Waals surface area contributed by atoms with E-state index in [0.29, 0.717) is 25.2 Å². The lowest BCUT2D eigenvalue weighted by Crippen LogP contribution is -2.36. The van der Waals surface area contributed by atoms with Gasteiger partial charge >= 0.3 is 0 Å². The molecule has 6 nitrogen and oxygen atoms in total. The van der Waals surface area contributed by atoms with E-state index in [1.807, 2.05) is 0 Å². The predicted octanol–water partition coefficient (Wildman–Crippen LogP) is 3.70. The van der Waals surface area contributed by atoms with Gasteiger partial charge in [0.15, 0.2) is 5.89 Å². The van der Waals surface area contributed by atoms with Crippen molar-refractivity contribution >= 4 is 29.7 Å². The second-order valence-electron chi connectivity index (χ2n) is 7.96. The van der Waals surface area contributed by atoms with E-state index in [4.69, 9.17) is 10.2 Å². The van der Waals surface area contributed by atoms with Gasteiger partial charge < -0.3 is 15.1 Å². The molecule has 0 radical (unpaired) electrons. The number of oxazole rings is 1. The fourth-order valence-corrected chi connectivity index (χ4v) is 3.65. The first kappa shape index (κ1) is 20.9. The van der Waals surface area contributed by atoms with Crippen molar-refractivity contribution < 1.29 is 9.21 Å². The highest BCUT2D eigenvalue weighted by atomic mass is 35.5. The Bertz CT molecular complexity index is 778. The molecule has 0 bridgehead atoms. The molecule has 8 heteroatoms. The zero-order valence-electron chi connectivity index (χ0n) is 15.9. The van der Waals surface area contributed by atoms with Crippen molar-refractivity contribution in [3.05, 3.63) is 33.4 Å². The third-order valence-corrected chi connectivity index (χ3v) is 5.35. The van der Waals surface area contributed by atoms with Crippen LogP contribution >= 0.6 is 23.7 Å². The van der Waals surface area contributed by atoms with Crippen LogP contribution in [0.2, 0.25) is 0 Å². The van der Waals surface area contributed by atoms with Crippen LogP contribution in [0.5, 0.6) is 0 Å². The van der Waals surface area contributed by atoms with Gasteiger partial charge in [-0.1, -0.05) is 34.6 Å². The van der Waals surface area contributed by atoms with E-state index in [9.17, 15) is 4.79 Å². The quantitative estimate of drug-likeness (QED) is 0.851. The maximum absolute atomic E-state index is 12.8. The molecule has 0 saturated heterocycles. The van der Waals surface area contributed by atoms with Crippen LogP contribution in [0.3, 0.4) is 0 Å². The zero-order chi connectivity index (χ0) is 18.4. The Balaban J connectivity index is 0.00000243. The SMILES string of the molecule is CC(C)[C@H](N)c1nc(C(=O)N2CCc3oc(C(C)(C)C)nc3C2)cs1.Cl. The van der Waals surface area contributed by atoms with Crippen molar-refractivity contribution in [2.24, 2.45) is 11.7 Å². The average molecular weight is 399 g/mol. The first-order valence-corrected chi connectivity index (χ1v) is 9.54. The van der Waals surface area contributed by atoms with Crippen LogP contribution in [0.4, 0.5) is 0 Å². The van der Waals surface area contributed by atoms with Gasteiger partial charge in [-0.3, -0.25) is 4.79 Å². The Labute approximate surface area is 164 Å². The molecule has 0 aliphatic carbocycles. The number of carbonyl (C=O) groups excluding carboxylic acids is 1. The van der Waals surface area contributed by atoms with Gasteiger partial charge in [0, 0.05) is 23.8 Å². The molecule has 2 aromatic heterocycles. The number of thiazole rings is 1. The van der Waals surface area contributed by atoms with Gasteiger partial charge in [0.1, 0.15) is 22.2 Å². The first-order valence-electron chi connectivity index (χ1n) is 8.66. The molecule has 0 fully saturated rings. The molecule has 1 aliphatic rings. The summed E-state index contributed by atoms with van der Waals surface area (Å²) >= 11 is 1.45. The summed E-state index contributed by atoms with van der Waals surface area (Å²) in [6.07, 6.45) is 0.687. The minimum Gasteiger partial charge on any atom is -0.445 e. The van der Waals surface area contributed by atoms with E-state index >= 15 is 0 Å². The summed E-state index contributed by atoms with van der Waals surface area (Å²) in [5, 5.41) is 2.62. The summed E-state index contributed by atoms with van der Waals surface area (Å²) in [6, 6.07) is -0.135. The summed E-state index contributed by atoms with van der Waals surface area (Å²) in [7, 11) is 0. The molecule has 0 unspecified atom stereocenters. The number of fused-ring (bicyclic) bond motifs is 1. The van der Waals surface area contributed by atoms with E-state index in [0.717, 1.165) is 22.4 Å². The number of nitrogens with two attached hydrogens (primary N) is 1. The molecule has 2 aromatic rings. The molecule has 2 N–H and O–H groups in total. The number of hydrogen-bond acceptors (Lipinski definition) is 6. The van der Waals surface area contributed by atoms with Gasteiger partial charge in [-0.25, -0.2) is 9.97 Å². The molecule has 3 heterocycles. The Morgan fingerprint density at radius 3 is 2.65 bits per heavy atom.